The van der Waals surface area contributed by atoms with Crippen molar-refractivity contribution in [3.63, 3.8) is 0 Å². The molecule has 0 radical (unpaired) electrons. The molecule has 0 fully saturated rings. The van der Waals surface area contributed by atoms with Crippen molar-refractivity contribution in [2.75, 3.05) is 4.90 Å². The van der Waals surface area contributed by atoms with Gasteiger partial charge in [-0.15, -0.1) is 22.7 Å². The topological polar surface area (TPSA) is 59.5 Å². The molecule has 5 nitrogen and oxygen atoms in total. The maximum absolute atomic E-state index is 13.1. The average Bonchev–Trinajstić information content (AvgIpc) is 3.39. The summed E-state index contributed by atoms with van der Waals surface area (Å²) in [6.45, 7) is 1.11. The van der Waals surface area contributed by atoms with Gasteiger partial charge in [0.15, 0.2) is 5.13 Å². The van der Waals surface area contributed by atoms with Gasteiger partial charge >= 0.3 is 12.1 Å². The van der Waals surface area contributed by atoms with Crippen molar-refractivity contribution < 1.29 is 27.5 Å². The molecule has 0 N–H and O–H groups in total. The number of hydrogen-bond acceptors (Lipinski definition) is 6. The number of halogens is 3. The van der Waals surface area contributed by atoms with Gasteiger partial charge in [0, 0.05) is 27.8 Å². The van der Waals surface area contributed by atoms with Crippen molar-refractivity contribution in [3.05, 3.63) is 76.1 Å². The maximum atomic E-state index is 13.1. The van der Waals surface area contributed by atoms with Crippen LogP contribution >= 0.6 is 22.7 Å². The molecule has 0 atom stereocenters. The van der Waals surface area contributed by atoms with Crippen LogP contribution in [0.1, 0.15) is 28.5 Å². The molecule has 10 heteroatoms. The Labute approximate surface area is 188 Å². The van der Waals surface area contributed by atoms with Crippen molar-refractivity contribution in [1.82, 2.24) is 4.98 Å². The number of alkyl halides is 3. The molecule has 0 saturated heterocycles. The number of amides is 1. The van der Waals surface area contributed by atoms with Gasteiger partial charge in [-0.05, 0) is 24.3 Å². The van der Waals surface area contributed by atoms with Crippen molar-refractivity contribution in [2.24, 2.45) is 0 Å². The summed E-state index contributed by atoms with van der Waals surface area (Å²) in [5.41, 5.74) is 0.0244. The Morgan fingerprint density at radius 1 is 1.06 bits per heavy atom. The third-order valence-electron chi connectivity index (χ3n) is 4.53. The van der Waals surface area contributed by atoms with E-state index >= 15 is 0 Å². The van der Waals surface area contributed by atoms with E-state index in [0.29, 0.717) is 11.3 Å². The first-order chi connectivity index (χ1) is 15.2. The Hall–Kier alpha value is -3.24. The summed E-state index contributed by atoms with van der Waals surface area (Å²) >= 11 is 2.51. The number of thiazole rings is 1. The minimum Gasteiger partial charge on any atom is -0.456 e. The monoisotopic (exact) mass is 476 g/mol. The summed E-state index contributed by atoms with van der Waals surface area (Å²) in [7, 11) is 0. The van der Waals surface area contributed by atoms with Crippen molar-refractivity contribution in [2.45, 2.75) is 19.7 Å². The number of rotatable bonds is 5. The number of esters is 1. The number of anilines is 2. The number of ether oxygens (including phenoxy) is 1. The molecule has 4 rings (SSSR count). The van der Waals surface area contributed by atoms with Crippen LogP contribution in [0.15, 0.2) is 59.3 Å². The largest absolute Gasteiger partial charge is 0.456 e. The van der Waals surface area contributed by atoms with Crippen LogP contribution in [0.25, 0.3) is 10.1 Å². The number of benzene rings is 2. The van der Waals surface area contributed by atoms with Gasteiger partial charge in [-0.2, -0.15) is 13.2 Å². The first kappa shape index (κ1) is 22.0. The maximum Gasteiger partial charge on any atom is 0.416 e. The third-order valence-corrected chi connectivity index (χ3v) is 6.37. The van der Waals surface area contributed by atoms with Gasteiger partial charge in [-0.25, -0.2) is 9.78 Å². The molecule has 0 spiro atoms. The molecule has 32 heavy (non-hydrogen) atoms. The van der Waals surface area contributed by atoms with Gasteiger partial charge in [0.1, 0.15) is 6.61 Å². The van der Waals surface area contributed by atoms with Crippen LogP contribution < -0.4 is 4.90 Å². The molecule has 164 valence electrons. The third kappa shape index (κ3) is 4.51. The molecular formula is C22H15F3N2O3S2. The molecule has 0 unspecified atom stereocenters. The molecule has 0 aliphatic heterocycles. The molecule has 2 heterocycles. The summed E-state index contributed by atoms with van der Waals surface area (Å²) in [6.07, 6.45) is -4.54. The van der Waals surface area contributed by atoms with E-state index in [0.717, 1.165) is 38.5 Å². The average molecular weight is 477 g/mol. The Morgan fingerprint density at radius 3 is 2.59 bits per heavy atom. The number of carbonyl (C=O) groups is 2. The molecule has 2 aromatic carbocycles. The second-order valence-corrected chi connectivity index (χ2v) is 8.49. The van der Waals surface area contributed by atoms with E-state index in [9.17, 15) is 22.8 Å². The number of nitrogens with zero attached hydrogens (tertiary/aromatic N) is 2. The molecule has 0 aliphatic rings. The molecular weight excluding hydrogens is 461 g/mol. The lowest BCUT2D eigenvalue weighted by atomic mass is 10.2. The lowest BCUT2D eigenvalue weighted by Gasteiger charge is -2.19. The fraction of sp³-hybridized carbons (Fsp3) is 0.136. The van der Waals surface area contributed by atoms with Gasteiger partial charge in [0.2, 0.25) is 5.91 Å². The van der Waals surface area contributed by atoms with Gasteiger partial charge in [0.05, 0.1) is 22.5 Å². The van der Waals surface area contributed by atoms with E-state index in [1.54, 1.807) is 10.8 Å². The van der Waals surface area contributed by atoms with Crippen LogP contribution in [-0.4, -0.2) is 16.9 Å². The second kappa shape index (κ2) is 8.71. The van der Waals surface area contributed by atoms with Crippen LogP contribution in [-0.2, 0) is 22.3 Å². The van der Waals surface area contributed by atoms with Gasteiger partial charge in [-0.1, -0.05) is 24.3 Å². The fourth-order valence-corrected chi connectivity index (χ4v) is 4.87. The van der Waals surface area contributed by atoms with Crippen molar-refractivity contribution in [3.8, 4) is 0 Å². The quantitative estimate of drug-likeness (QED) is 0.312. The van der Waals surface area contributed by atoms with E-state index in [-0.39, 0.29) is 17.4 Å². The summed E-state index contributed by atoms with van der Waals surface area (Å²) in [6, 6.07) is 11.9. The highest BCUT2D eigenvalue weighted by Gasteiger charge is 2.31. The number of aromatic nitrogens is 1. The summed E-state index contributed by atoms with van der Waals surface area (Å²) in [5.74, 6) is -0.995. The van der Waals surface area contributed by atoms with E-state index in [4.69, 9.17) is 4.74 Å². The lowest BCUT2D eigenvalue weighted by molar-refractivity contribution is -0.137. The highest BCUT2D eigenvalue weighted by molar-refractivity contribution is 7.17. The van der Waals surface area contributed by atoms with Crippen LogP contribution in [0.3, 0.4) is 0 Å². The highest BCUT2D eigenvalue weighted by Crippen LogP contribution is 2.35. The Morgan fingerprint density at radius 2 is 1.84 bits per heavy atom. The molecule has 1 amide bonds. The van der Waals surface area contributed by atoms with Crippen molar-refractivity contribution in [1.29, 1.82) is 0 Å². The van der Waals surface area contributed by atoms with Gasteiger partial charge in [0.25, 0.3) is 0 Å². The summed E-state index contributed by atoms with van der Waals surface area (Å²) < 4.78 is 45.5. The molecule has 0 aliphatic carbocycles. The second-order valence-electron chi connectivity index (χ2n) is 6.75. The molecule has 2 aromatic heterocycles. The minimum absolute atomic E-state index is 0.0509. The Balaban J connectivity index is 1.52. The smallest absolute Gasteiger partial charge is 0.416 e. The predicted octanol–water partition coefficient (Wildman–Crippen LogP) is 6.42. The predicted molar refractivity (Wildman–Crippen MR) is 117 cm³/mol. The zero-order chi connectivity index (χ0) is 22.9. The van der Waals surface area contributed by atoms with E-state index in [1.165, 1.54) is 30.4 Å². The highest BCUT2D eigenvalue weighted by atomic mass is 32.1. The van der Waals surface area contributed by atoms with Crippen molar-refractivity contribution >= 4 is 55.5 Å². The van der Waals surface area contributed by atoms with Gasteiger partial charge in [-0.3, -0.25) is 9.69 Å². The van der Waals surface area contributed by atoms with E-state index in [2.05, 4.69) is 4.98 Å². The lowest BCUT2D eigenvalue weighted by Crippen LogP contribution is -2.23. The first-order valence-electron chi connectivity index (χ1n) is 9.30. The number of fused-ring (bicyclic) bond motifs is 1. The zero-order valence-electron chi connectivity index (χ0n) is 16.6. The van der Waals surface area contributed by atoms with Crippen LogP contribution in [0.5, 0.6) is 0 Å². The standard InChI is InChI=1S/C22H15F3N2O3S2/c1-13(28)27(16-6-4-5-14(9-16)22(23,24)25)21-26-15(11-32-21)10-30-20(29)18-12-31-19-8-3-2-7-17(18)19/h2-9,11-12H,10H2,1H3. The zero-order valence-corrected chi connectivity index (χ0v) is 18.2. The molecule has 0 bridgehead atoms. The van der Waals surface area contributed by atoms with Crippen LogP contribution in [0.2, 0.25) is 0 Å². The molecule has 0 saturated carbocycles. The SMILES string of the molecule is CC(=O)N(c1cccc(C(F)(F)F)c1)c1nc(COC(=O)c2csc3ccccc23)cs1. The molecule has 4 aromatic rings. The Kier molecular flexibility index (Phi) is 5.98. The summed E-state index contributed by atoms with van der Waals surface area (Å²) in [5, 5.41) is 4.31. The first-order valence-corrected chi connectivity index (χ1v) is 11.1. The van der Waals surface area contributed by atoms with E-state index < -0.39 is 23.6 Å². The van der Waals surface area contributed by atoms with Crippen LogP contribution in [0, 0.1) is 0 Å². The van der Waals surface area contributed by atoms with Gasteiger partial charge < -0.3 is 4.74 Å². The van der Waals surface area contributed by atoms with Crippen LogP contribution in [0.4, 0.5) is 24.0 Å². The van der Waals surface area contributed by atoms with E-state index in [1.807, 2.05) is 24.3 Å². The minimum atomic E-state index is -4.54. The number of thiophene rings is 1. The fourth-order valence-electron chi connectivity index (χ4n) is 3.07. The number of carbonyl (C=O) groups excluding carboxylic acids is 2. The Bertz CT molecular complexity index is 1300. The normalized spacial score (nSPS) is 11.5. The number of hydrogen-bond donors (Lipinski definition) is 0. The summed E-state index contributed by atoms with van der Waals surface area (Å²) in [4.78, 5) is 30.1.